The Labute approximate surface area is 265 Å². The fourth-order valence-corrected chi connectivity index (χ4v) is 6.51. The number of nitrogens with one attached hydrogen (secondary N) is 1. The summed E-state index contributed by atoms with van der Waals surface area (Å²) in [5.41, 5.74) is 4.09. The number of rotatable bonds is 12. The number of piperidine rings is 1. The number of carbonyl (C=O) groups is 2. The van der Waals surface area contributed by atoms with E-state index in [0.29, 0.717) is 45.0 Å². The number of sulfonamides is 1. The van der Waals surface area contributed by atoms with Crippen LogP contribution in [0.25, 0.3) is 11.1 Å². The van der Waals surface area contributed by atoms with E-state index < -0.39 is 16.1 Å². The zero-order valence-corrected chi connectivity index (χ0v) is 26.6. The molecule has 12 heteroatoms. The Hall–Kier alpha value is -3.68. The SMILES string of the molecule is CS(=O)(=O)N1CCN(Cc2ccc(C(=O)CNCCOC(=O)N(c3ccccc3-c3ccccc3)N3CCCCC3)nc2)CC1. The summed E-state index contributed by atoms with van der Waals surface area (Å²) >= 11 is 0. The molecule has 0 spiro atoms. The van der Waals surface area contributed by atoms with Crippen molar-refractivity contribution in [3.05, 3.63) is 84.2 Å². The van der Waals surface area contributed by atoms with Crippen molar-refractivity contribution in [3.63, 3.8) is 0 Å². The van der Waals surface area contributed by atoms with Crippen molar-refractivity contribution in [1.82, 2.24) is 24.5 Å². The van der Waals surface area contributed by atoms with Crippen LogP contribution in [0.4, 0.5) is 10.5 Å². The minimum absolute atomic E-state index is 0.0734. The molecule has 0 bridgehead atoms. The first-order valence-corrected chi connectivity index (χ1v) is 17.4. The molecule has 0 atom stereocenters. The number of anilines is 1. The van der Waals surface area contributed by atoms with Crippen molar-refractivity contribution in [2.45, 2.75) is 25.8 Å². The molecule has 2 aromatic carbocycles. The molecule has 2 aliphatic rings. The highest BCUT2D eigenvalue weighted by Gasteiger charge is 2.28. The van der Waals surface area contributed by atoms with Gasteiger partial charge in [-0.1, -0.05) is 61.0 Å². The number of hydrogen-bond acceptors (Lipinski definition) is 9. The highest BCUT2D eigenvalue weighted by molar-refractivity contribution is 7.88. The van der Waals surface area contributed by atoms with Crippen LogP contribution in [0.1, 0.15) is 35.3 Å². The van der Waals surface area contributed by atoms with E-state index in [1.807, 2.05) is 60.7 Å². The zero-order chi connectivity index (χ0) is 31.6. The maximum Gasteiger partial charge on any atom is 0.429 e. The number of ether oxygens (including phenoxy) is 1. The third kappa shape index (κ3) is 8.95. The van der Waals surface area contributed by atoms with Gasteiger partial charge in [-0.3, -0.25) is 14.7 Å². The first kappa shape index (κ1) is 32.7. The number of piperazine rings is 1. The number of ketones is 1. The van der Waals surface area contributed by atoms with Gasteiger partial charge in [-0.25, -0.2) is 23.2 Å². The maximum atomic E-state index is 13.5. The van der Waals surface area contributed by atoms with Crippen LogP contribution in [0, 0.1) is 0 Å². The highest BCUT2D eigenvalue weighted by Crippen LogP contribution is 2.33. The number of amides is 1. The summed E-state index contributed by atoms with van der Waals surface area (Å²) in [5, 5.41) is 6.81. The largest absolute Gasteiger partial charge is 0.447 e. The Morgan fingerprint density at radius 3 is 2.29 bits per heavy atom. The van der Waals surface area contributed by atoms with E-state index in [-0.39, 0.29) is 18.9 Å². The first-order chi connectivity index (χ1) is 21.8. The minimum Gasteiger partial charge on any atom is -0.447 e. The first-order valence-electron chi connectivity index (χ1n) is 15.5. The quantitative estimate of drug-likeness (QED) is 0.236. The molecule has 3 aromatic rings. The lowest BCUT2D eigenvalue weighted by Gasteiger charge is -2.37. The lowest BCUT2D eigenvalue weighted by Crippen LogP contribution is -2.50. The van der Waals surface area contributed by atoms with E-state index in [0.717, 1.165) is 54.7 Å². The summed E-state index contributed by atoms with van der Waals surface area (Å²) < 4.78 is 30.7. The van der Waals surface area contributed by atoms with Crippen LogP contribution in [-0.4, -0.2) is 105 Å². The Morgan fingerprint density at radius 2 is 1.60 bits per heavy atom. The second kappa shape index (κ2) is 15.5. The van der Waals surface area contributed by atoms with Gasteiger partial charge >= 0.3 is 6.09 Å². The van der Waals surface area contributed by atoms with Crippen LogP contribution in [0.15, 0.2) is 72.9 Å². The van der Waals surface area contributed by atoms with E-state index in [1.165, 1.54) is 10.6 Å². The standard InChI is InChI=1S/C33H42N6O5S/c1-45(42,43)38-21-19-36(20-22-38)26-27-14-15-30(35-24-27)32(40)25-34-16-23-44-33(41)39(37-17-8-3-9-18-37)31-13-7-6-12-29(31)28-10-4-2-5-11-28/h2,4-7,10-15,24,34H,3,8-9,16-23,25-26H2,1H3. The fraction of sp³-hybridized carbons (Fsp3) is 0.424. The topological polar surface area (TPSA) is 115 Å². The lowest BCUT2D eigenvalue weighted by atomic mass is 10.0. The molecule has 2 fully saturated rings. The molecule has 11 nitrogen and oxygen atoms in total. The molecule has 45 heavy (non-hydrogen) atoms. The summed E-state index contributed by atoms with van der Waals surface area (Å²) in [6.45, 7) is 4.95. The van der Waals surface area contributed by atoms with E-state index in [2.05, 4.69) is 20.2 Å². The van der Waals surface area contributed by atoms with Crippen LogP contribution >= 0.6 is 0 Å². The third-order valence-electron chi connectivity index (χ3n) is 8.11. The fourth-order valence-electron chi connectivity index (χ4n) is 5.69. The van der Waals surface area contributed by atoms with Gasteiger partial charge in [0.2, 0.25) is 10.0 Å². The van der Waals surface area contributed by atoms with E-state index in [4.69, 9.17) is 4.74 Å². The molecule has 1 amide bonds. The molecule has 2 saturated heterocycles. The second-order valence-corrected chi connectivity index (χ2v) is 13.4. The van der Waals surface area contributed by atoms with Crippen molar-refractivity contribution in [2.24, 2.45) is 0 Å². The summed E-state index contributed by atoms with van der Waals surface area (Å²) in [5.74, 6) is -0.152. The van der Waals surface area contributed by atoms with E-state index in [1.54, 1.807) is 17.3 Å². The van der Waals surface area contributed by atoms with Gasteiger partial charge in [0.15, 0.2) is 5.78 Å². The number of hydrazine groups is 1. The molecule has 1 N–H and O–H groups in total. The summed E-state index contributed by atoms with van der Waals surface area (Å²) in [4.78, 5) is 32.8. The van der Waals surface area contributed by atoms with Crippen molar-refractivity contribution < 1.29 is 22.7 Å². The molecular weight excluding hydrogens is 592 g/mol. The number of aromatic nitrogens is 1. The van der Waals surface area contributed by atoms with Gasteiger partial charge in [-0.05, 0) is 36.1 Å². The molecule has 0 saturated carbocycles. The smallest absolute Gasteiger partial charge is 0.429 e. The van der Waals surface area contributed by atoms with Crippen LogP contribution in [0.2, 0.25) is 0 Å². The number of benzene rings is 2. The van der Waals surface area contributed by atoms with Crippen LogP contribution in [-0.2, 0) is 21.3 Å². The van der Waals surface area contributed by atoms with Gasteiger partial charge in [0.25, 0.3) is 0 Å². The Morgan fingerprint density at radius 1 is 0.889 bits per heavy atom. The number of pyridine rings is 1. The number of hydrogen-bond donors (Lipinski definition) is 1. The minimum atomic E-state index is -3.16. The molecular formula is C33H42N6O5S. The van der Waals surface area contributed by atoms with Crippen LogP contribution in [0.5, 0.6) is 0 Å². The van der Waals surface area contributed by atoms with Crippen LogP contribution < -0.4 is 10.3 Å². The van der Waals surface area contributed by atoms with Crippen LogP contribution in [0.3, 0.4) is 0 Å². The van der Waals surface area contributed by atoms with Gasteiger partial charge in [-0.2, -0.15) is 4.31 Å². The molecule has 1 aromatic heterocycles. The number of Topliss-reactive ketones (excluding diaryl/α,β-unsaturated/α-hetero) is 1. The van der Waals surface area contributed by atoms with Gasteiger partial charge in [0.05, 0.1) is 18.5 Å². The van der Waals surface area contributed by atoms with Gasteiger partial charge in [-0.15, -0.1) is 0 Å². The molecule has 2 aliphatic heterocycles. The zero-order valence-electron chi connectivity index (χ0n) is 25.8. The monoisotopic (exact) mass is 634 g/mol. The molecule has 0 radical (unpaired) electrons. The third-order valence-corrected chi connectivity index (χ3v) is 9.42. The van der Waals surface area contributed by atoms with Gasteiger partial charge in [0, 0.05) is 64.1 Å². The Bertz CT molecular complexity index is 1520. The van der Waals surface area contributed by atoms with E-state index >= 15 is 0 Å². The predicted octanol–water partition coefficient (Wildman–Crippen LogP) is 3.64. The number of nitrogens with zero attached hydrogens (tertiary/aromatic N) is 5. The van der Waals surface area contributed by atoms with Gasteiger partial charge < -0.3 is 10.1 Å². The van der Waals surface area contributed by atoms with Gasteiger partial charge in [0.1, 0.15) is 12.3 Å². The Balaban J connectivity index is 1.10. The average Bonchev–Trinajstić information content (AvgIpc) is 3.06. The average molecular weight is 635 g/mol. The summed E-state index contributed by atoms with van der Waals surface area (Å²) in [6, 6.07) is 21.5. The summed E-state index contributed by atoms with van der Waals surface area (Å²) in [6.07, 6.45) is 5.65. The second-order valence-electron chi connectivity index (χ2n) is 11.4. The Kier molecular flexibility index (Phi) is 11.3. The predicted molar refractivity (Wildman–Crippen MR) is 174 cm³/mol. The van der Waals surface area contributed by atoms with E-state index in [9.17, 15) is 18.0 Å². The normalized spacial score (nSPS) is 16.7. The molecule has 3 heterocycles. The van der Waals surface area contributed by atoms with Crippen molar-refractivity contribution in [1.29, 1.82) is 0 Å². The van der Waals surface area contributed by atoms with Crippen molar-refractivity contribution in [2.75, 3.05) is 70.2 Å². The molecule has 240 valence electrons. The van der Waals surface area contributed by atoms with Crippen molar-refractivity contribution >= 4 is 27.6 Å². The number of para-hydroxylation sites is 1. The number of carbonyl (C=O) groups excluding carboxylic acids is 2. The molecule has 5 rings (SSSR count). The maximum absolute atomic E-state index is 13.5. The lowest BCUT2D eigenvalue weighted by molar-refractivity contribution is 0.0981. The molecule has 0 unspecified atom stereocenters. The highest BCUT2D eigenvalue weighted by atomic mass is 32.2. The molecule has 0 aliphatic carbocycles. The van der Waals surface area contributed by atoms with Crippen molar-refractivity contribution in [3.8, 4) is 11.1 Å². The summed E-state index contributed by atoms with van der Waals surface area (Å²) in [7, 11) is -3.16.